The van der Waals surface area contributed by atoms with E-state index in [9.17, 15) is 8.42 Å². The van der Waals surface area contributed by atoms with E-state index in [0.29, 0.717) is 30.4 Å². The van der Waals surface area contributed by atoms with Crippen molar-refractivity contribution in [1.29, 1.82) is 0 Å². The molecule has 1 aliphatic heterocycles. The van der Waals surface area contributed by atoms with Crippen LogP contribution in [0.4, 0.5) is 0 Å². The third-order valence-corrected chi connectivity index (χ3v) is 6.16. The first-order chi connectivity index (χ1) is 11.0. The zero-order chi connectivity index (χ0) is 16.4. The normalized spacial score (nSPS) is 18.6. The van der Waals surface area contributed by atoms with Gasteiger partial charge in [-0.25, -0.2) is 8.42 Å². The first-order valence-electron chi connectivity index (χ1n) is 8.05. The van der Waals surface area contributed by atoms with Gasteiger partial charge in [-0.2, -0.15) is 4.31 Å². The summed E-state index contributed by atoms with van der Waals surface area (Å²) in [4.78, 5) is 4.45. The van der Waals surface area contributed by atoms with Gasteiger partial charge in [0.25, 0.3) is 0 Å². The standard InChI is InChI=1S/C17H23N3O2S.2ClH/c1-13(2)10-15-12-20(9-8-19-15)23(21,22)17-5-3-4-14-11-18-7-6-16(14)17;;/h3-7,11,13,15,19H,8-10,12H2,1-2H3;2*1H/t15-;;/m0../s1. The fourth-order valence-corrected chi connectivity index (χ4v) is 4.90. The van der Waals surface area contributed by atoms with Gasteiger partial charge >= 0.3 is 0 Å². The van der Waals surface area contributed by atoms with Crippen LogP contribution in [0.2, 0.25) is 0 Å². The van der Waals surface area contributed by atoms with Crippen LogP contribution in [-0.4, -0.2) is 43.4 Å². The predicted molar refractivity (Wildman–Crippen MR) is 106 cm³/mol. The summed E-state index contributed by atoms with van der Waals surface area (Å²) >= 11 is 0. The Morgan fingerprint density at radius 1 is 1.28 bits per heavy atom. The van der Waals surface area contributed by atoms with E-state index in [0.717, 1.165) is 17.2 Å². The lowest BCUT2D eigenvalue weighted by atomic mass is 10.0. The van der Waals surface area contributed by atoms with Crippen molar-refractivity contribution in [3.05, 3.63) is 36.7 Å². The molecule has 0 amide bonds. The number of hydrogen-bond acceptors (Lipinski definition) is 4. The third-order valence-electron chi connectivity index (χ3n) is 4.23. The molecule has 2 heterocycles. The molecule has 8 heteroatoms. The number of rotatable bonds is 4. The molecule has 1 atom stereocenters. The van der Waals surface area contributed by atoms with Crippen LogP contribution in [0.15, 0.2) is 41.6 Å². The maximum atomic E-state index is 13.1. The molecule has 0 spiro atoms. The summed E-state index contributed by atoms with van der Waals surface area (Å²) in [6.07, 6.45) is 4.32. The fourth-order valence-electron chi connectivity index (χ4n) is 3.20. The Morgan fingerprint density at radius 3 is 2.76 bits per heavy atom. The number of aromatic nitrogens is 1. The second kappa shape index (κ2) is 9.14. The number of hydrogen-bond donors (Lipinski definition) is 1. The zero-order valence-corrected chi connectivity index (χ0v) is 16.8. The Bertz CT molecular complexity index is 794. The SMILES string of the molecule is CC(C)C[C@H]1CN(S(=O)(=O)c2cccc3cnccc23)CCN1.Cl.Cl. The second-order valence-corrected chi connectivity index (χ2v) is 8.40. The lowest BCUT2D eigenvalue weighted by Gasteiger charge is -2.34. The molecule has 1 aromatic heterocycles. The maximum Gasteiger partial charge on any atom is 0.243 e. The van der Waals surface area contributed by atoms with Crippen molar-refractivity contribution in [2.75, 3.05) is 19.6 Å². The number of sulfonamides is 1. The number of piperazine rings is 1. The van der Waals surface area contributed by atoms with Crippen molar-refractivity contribution in [1.82, 2.24) is 14.6 Å². The molecule has 0 unspecified atom stereocenters. The molecule has 0 saturated carbocycles. The van der Waals surface area contributed by atoms with Gasteiger partial charge in [0.15, 0.2) is 0 Å². The number of pyridine rings is 1. The summed E-state index contributed by atoms with van der Waals surface area (Å²) in [6, 6.07) is 7.36. The molecule has 25 heavy (non-hydrogen) atoms. The number of nitrogens with zero attached hydrogens (tertiary/aromatic N) is 2. The first kappa shape index (κ1) is 22.1. The van der Waals surface area contributed by atoms with Crippen LogP contribution in [0.25, 0.3) is 10.8 Å². The van der Waals surface area contributed by atoms with E-state index in [2.05, 4.69) is 24.1 Å². The molecular weight excluding hydrogens is 381 g/mol. The Morgan fingerprint density at radius 2 is 2.04 bits per heavy atom. The lowest BCUT2D eigenvalue weighted by molar-refractivity contribution is 0.272. The van der Waals surface area contributed by atoms with E-state index in [-0.39, 0.29) is 30.9 Å². The molecule has 2 aromatic rings. The van der Waals surface area contributed by atoms with E-state index < -0.39 is 10.0 Å². The fraction of sp³-hybridized carbons (Fsp3) is 0.471. The van der Waals surface area contributed by atoms with Gasteiger partial charge < -0.3 is 5.32 Å². The molecule has 0 bridgehead atoms. The number of fused-ring (bicyclic) bond motifs is 1. The van der Waals surface area contributed by atoms with Crippen LogP contribution in [0.5, 0.6) is 0 Å². The monoisotopic (exact) mass is 405 g/mol. The van der Waals surface area contributed by atoms with E-state index >= 15 is 0 Å². The van der Waals surface area contributed by atoms with Gasteiger partial charge in [0.2, 0.25) is 10.0 Å². The Hall–Kier alpha value is -0.920. The first-order valence-corrected chi connectivity index (χ1v) is 9.49. The van der Waals surface area contributed by atoms with Gasteiger partial charge in [-0.1, -0.05) is 26.0 Å². The van der Waals surface area contributed by atoms with Crippen LogP contribution in [-0.2, 0) is 10.0 Å². The predicted octanol–water partition coefficient (Wildman–Crippen LogP) is 3.09. The summed E-state index contributed by atoms with van der Waals surface area (Å²) in [6.45, 7) is 6.06. The summed E-state index contributed by atoms with van der Waals surface area (Å²) in [5.41, 5.74) is 0. The molecule has 1 saturated heterocycles. The minimum absolute atomic E-state index is 0. The Labute approximate surface area is 162 Å². The smallest absolute Gasteiger partial charge is 0.243 e. The van der Waals surface area contributed by atoms with Crippen molar-refractivity contribution in [3.8, 4) is 0 Å². The maximum absolute atomic E-state index is 13.1. The number of nitrogens with one attached hydrogen (secondary N) is 1. The average molecular weight is 406 g/mol. The highest BCUT2D eigenvalue weighted by Gasteiger charge is 2.31. The molecule has 3 rings (SSSR count). The van der Waals surface area contributed by atoms with Crippen LogP contribution in [0.1, 0.15) is 20.3 Å². The third kappa shape index (κ3) is 4.83. The average Bonchev–Trinajstić information content (AvgIpc) is 2.54. The van der Waals surface area contributed by atoms with E-state index in [1.54, 1.807) is 34.9 Å². The van der Waals surface area contributed by atoms with Crippen molar-refractivity contribution in [3.63, 3.8) is 0 Å². The second-order valence-electron chi connectivity index (χ2n) is 6.50. The molecule has 140 valence electrons. The van der Waals surface area contributed by atoms with Crippen LogP contribution in [0.3, 0.4) is 0 Å². The quantitative estimate of drug-likeness (QED) is 0.848. The minimum Gasteiger partial charge on any atom is -0.311 e. The Kier molecular flexibility index (Phi) is 8.09. The minimum atomic E-state index is -3.49. The van der Waals surface area contributed by atoms with Gasteiger partial charge in [0, 0.05) is 48.8 Å². The number of halogens is 2. The highest BCUT2D eigenvalue weighted by Crippen LogP contribution is 2.26. The Balaban J connectivity index is 0.00000156. The number of benzene rings is 1. The molecule has 1 aromatic carbocycles. The van der Waals surface area contributed by atoms with Gasteiger partial charge in [-0.15, -0.1) is 24.8 Å². The summed E-state index contributed by atoms with van der Waals surface area (Å²) in [5.74, 6) is 0.541. The molecule has 1 N–H and O–H groups in total. The molecule has 5 nitrogen and oxygen atoms in total. The lowest BCUT2D eigenvalue weighted by Crippen LogP contribution is -2.52. The molecular formula is C17H25Cl2N3O2S. The van der Waals surface area contributed by atoms with Gasteiger partial charge in [0.1, 0.15) is 0 Å². The summed E-state index contributed by atoms with van der Waals surface area (Å²) < 4.78 is 27.8. The van der Waals surface area contributed by atoms with Crippen LogP contribution < -0.4 is 5.32 Å². The van der Waals surface area contributed by atoms with Crippen LogP contribution in [0, 0.1) is 5.92 Å². The van der Waals surface area contributed by atoms with Crippen LogP contribution >= 0.6 is 24.8 Å². The van der Waals surface area contributed by atoms with Gasteiger partial charge in [-0.3, -0.25) is 4.98 Å². The van der Waals surface area contributed by atoms with E-state index in [4.69, 9.17) is 0 Å². The molecule has 0 aliphatic carbocycles. The molecule has 1 aliphatic rings. The van der Waals surface area contributed by atoms with E-state index in [1.165, 1.54) is 0 Å². The van der Waals surface area contributed by atoms with Crippen molar-refractivity contribution >= 4 is 45.6 Å². The van der Waals surface area contributed by atoms with Crippen molar-refractivity contribution < 1.29 is 8.42 Å². The molecule has 0 radical (unpaired) electrons. The summed E-state index contributed by atoms with van der Waals surface area (Å²) in [5, 5.41) is 5.01. The van der Waals surface area contributed by atoms with Gasteiger partial charge in [-0.05, 0) is 24.5 Å². The zero-order valence-electron chi connectivity index (χ0n) is 14.4. The summed E-state index contributed by atoms with van der Waals surface area (Å²) in [7, 11) is -3.49. The molecule has 1 fully saturated rings. The topological polar surface area (TPSA) is 62.3 Å². The van der Waals surface area contributed by atoms with Crippen molar-refractivity contribution in [2.24, 2.45) is 5.92 Å². The highest BCUT2D eigenvalue weighted by atomic mass is 35.5. The van der Waals surface area contributed by atoms with Crippen molar-refractivity contribution in [2.45, 2.75) is 31.2 Å². The largest absolute Gasteiger partial charge is 0.311 e. The highest BCUT2D eigenvalue weighted by molar-refractivity contribution is 7.89. The van der Waals surface area contributed by atoms with E-state index in [1.807, 2.05) is 6.07 Å². The van der Waals surface area contributed by atoms with Gasteiger partial charge in [0.05, 0.1) is 4.90 Å².